The normalized spacial score (nSPS) is 11.9. The molecule has 2 N–H and O–H groups in total. The molecule has 10 heavy (non-hydrogen) atoms. The molecule has 0 bridgehead atoms. The summed E-state index contributed by atoms with van der Waals surface area (Å²) in [4.78, 5) is 8.80. The van der Waals surface area contributed by atoms with Crippen molar-refractivity contribution in [3.8, 4) is 0 Å². The molecule has 1 aromatic rings. The average Bonchev–Trinajstić information content (AvgIpc) is 2.38. The molecule has 0 aliphatic carbocycles. The third-order valence-corrected chi connectivity index (χ3v) is 1.93. The summed E-state index contributed by atoms with van der Waals surface area (Å²) in [6.07, 6.45) is 0. The molecule has 0 aliphatic rings. The molecule has 1 aromatic heterocycles. The third-order valence-electron chi connectivity index (χ3n) is 1.34. The highest BCUT2D eigenvalue weighted by Gasteiger charge is 2.21. The van der Waals surface area contributed by atoms with Crippen molar-refractivity contribution in [3.63, 3.8) is 0 Å². The summed E-state index contributed by atoms with van der Waals surface area (Å²) in [5.41, 5.74) is 2.18. The summed E-state index contributed by atoms with van der Waals surface area (Å²) < 4.78 is 0. The number of thiazole rings is 1. The fourth-order valence-corrected chi connectivity index (χ4v) is 1.28. The molecule has 0 unspecified atom stereocenters. The molecule has 0 fully saturated rings. The Morgan fingerprint density at radius 3 is 2.80 bits per heavy atom. The summed E-state index contributed by atoms with van der Waals surface area (Å²) in [6, 6.07) is 0. The molecule has 4 heteroatoms. The molecule has 0 amide bonds. The highest BCUT2D eigenvalue weighted by molar-refractivity contribution is 7.07. The Balaban J connectivity index is 2.85. The van der Waals surface area contributed by atoms with Crippen molar-refractivity contribution < 1.29 is 4.84 Å². The predicted molar refractivity (Wildman–Crippen MR) is 40.4 cm³/mol. The van der Waals surface area contributed by atoms with E-state index in [4.69, 9.17) is 10.7 Å². The monoisotopic (exact) mass is 158 g/mol. The predicted octanol–water partition coefficient (Wildman–Crippen LogP) is 1.27. The molecule has 0 saturated carbocycles. The summed E-state index contributed by atoms with van der Waals surface area (Å²) in [5.74, 6) is 5.06. The van der Waals surface area contributed by atoms with E-state index >= 15 is 0 Å². The molecule has 3 nitrogen and oxygen atoms in total. The fraction of sp³-hybridized carbons (Fsp3) is 0.500. The van der Waals surface area contributed by atoms with Crippen molar-refractivity contribution in [1.29, 1.82) is 0 Å². The van der Waals surface area contributed by atoms with E-state index in [1.165, 1.54) is 11.3 Å². The molecule has 56 valence electrons. The number of hydrogen-bond donors (Lipinski definition) is 1. The van der Waals surface area contributed by atoms with Crippen LogP contribution in [0, 0.1) is 0 Å². The SMILES string of the molecule is CC(C)(ON)c1cscn1. The first-order valence-electron chi connectivity index (χ1n) is 2.93. The molecule has 0 aromatic carbocycles. The zero-order valence-electron chi connectivity index (χ0n) is 6.00. The van der Waals surface area contributed by atoms with Crippen molar-refractivity contribution in [2.75, 3.05) is 0 Å². The van der Waals surface area contributed by atoms with Crippen LogP contribution in [-0.2, 0) is 10.4 Å². The van der Waals surface area contributed by atoms with Gasteiger partial charge < -0.3 is 0 Å². The lowest BCUT2D eigenvalue weighted by atomic mass is 10.1. The van der Waals surface area contributed by atoms with Crippen LogP contribution in [0.25, 0.3) is 0 Å². The van der Waals surface area contributed by atoms with Crippen molar-refractivity contribution in [2.45, 2.75) is 19.4 Å². The van der Waals surface area contributed by atoms with E-state index in [0.717, 1.165) is 5.69 Å². The maximum Gasteiger partial charge on any atom is 0.126 e. The van der Waals surface area contributed by atoms with E-state index in [-0.39, 0.29) is 0 Å². The Morgan fingerprint density at radius 1 is 1.70 bits per heavy atom. The first-order valence-corrected chi connectivity index (χ1v) is 3.87. The van der Waals surface area contributed by atoms with Gasteiger partial charge in [-0.25, -0.2) is 10.9 Å². The molecular weight excluding hydrogens is 148 g/mol. The molecule has 1 rings (SSSR count). The van der Waals surface area contributed by atoms with E-state index in [9.17, 15) is 0 Å². The first kappa shape index (κ1) is 7.65. The minimum atomic E-state index is -0.458. The molecular formula is C6H10N2OS. The van der Waals surface area contributed by atoms with Crippen molar-refractivity contribution in [2.24, 2.45) is 5.90 Å². The van der Waals surface area contributed by atoms with Crippen LogP contribution >= 0.6 is 11.3 Å². The highest BCUT2D eigenvalue weighted by atomic mass is 32.1. The maximum atomic E-state index is 5.06. The van der Waals surface area contributed by atoms with Gasteiger partial charge in [-0.2, -0.15) is 0 Å². The van der Waals surface area contributed by atoms with E-state index in [2.05, 4.69) is 4.98 Å². The van der Waals surface area contributed by atoms with Gasteiger partial charge in [-0.3, -0.25) is 4.84 Å². The molecule has 0 radical (unpaired) electrons. The standard InChI is InChI=1S/C6H10N2OS/c1-6(2,9-7)5-3-10-4-8-5/h3-4H,7H2,1-2H3. The van der Waals surface area contributed by atoms with E-state index in [1.807, 2.05) is 19.2 Å². The van der Waals surface area contributed by atoms with E-state index in [1.54, 1.807) is 5.51 Å². The molecule has 0 saturated heterocycles. The van der Waals surface area contributed by atoms with Gasteiger partial charge in [0.15, 0.2) is 0 Å². The first-order chi connectivity index (χ1) is 4.67. The van der Waals surface area contributed by atoms with Crippen LogP contribution < -0.4 is 5.90 Å². The number of rotatable bonds is 2. The van der Waals surface area contributed by atoms with Gasteiger partial charge in [-0.15, -0.1) is 11.3 Å². The number of aromatic nitrogens is 1. The maximum absolute atomic E-state index is 5.06. The van der Waals surface area contributed by atoms with Gasteiger partial charge in [-0.05, 0) is 13.8 Å². The quantitative estimate of drug-likeness (QED) is 0.659. The zero-order chi connectivity index (χ0) is 7.61. The Bertz CT molecular complexity index is 196. The van der Waals surface area contributed by atoms with E-state index in [0.29, 0.717) is 0 Å². The lowest BCUT2D eigenvalue weighted by Gasteiger charge is -2.18. The second kappa shape index (κ2) is 2.65. The van der Waals surface area contributed by atoms with Gasteiger partial charge >= 0.3 is 0 Å². The topological polar surface area (TPSA) is 48.1 Å². The summed E-state index contributed by atoms with van der Waals surface area (Å²) >= 11 is 1.54. The fourth-order valence-electron chi connectivity index (χ4n) is 0.570. The van der Waals surface area contributed by atoms with Crippen LogP contribution in [0.4, 0.5) is 0 Å². The lowest BCUT2D eigenvalue weighted by Crippen LogP contribution is -2.25. The number of nitrogens with two attached hydrogens (primary N) is 1. The Kier molecular flexibility index (Phi) is 2.03. The van der Waals surface area contributed by atoms with Crippen molar-refractivity contribution >= 4 is 11.3 Å². The Hall–Kier alpha value is -0.450. The smallest absolute Gasteiger partial charge is 0.126 e. The molecule has 0 aliphatic heterocycles. The number of hydrogen-bond acceptors (Lipinski definition) is 4. The van der Waals surface area contributed by atoms with Gasteiger partial charge in [0.1, 0.15) is 5.60 Å². The van der Waals surface area contributed by atoms with E-state index < -0.39 is 5.60 Å². The summed E-state index contributed by atoms with van der Waals surface area (Å²) in [5, 5.41) is 1.92. The third kappa shape index (κ3) is 1.34. The minimum Gasteiger partial charge on any atom is -0.292 e. The van der Waals surface area contributed by atoms with Gasteiger partial charge in [0, 0.05) is 5.38 Å². The van der Waals surface area contributed by atoms with Crippen LogP contribution in [0.2, 0.25) is 0 Å². The second-order valence-electron chi connectivity index (χ2n) is 2.50. The van der Waals surface area contributed by atoms with Crippen LogP contribution in [0.15, 0.2) is 10.9 Å². The van der Waals surface area contributed by atoms with Crippen LogP contribution in [0.1, 0.15) is 19.5 Å². The largest absolute Gasteiger partial charge is 0.292 e. The molecule has 0 atom stereocenters. The summed E-state index contributed by atoms with van der Waals surface area (Å²) in [6.45, 7) is 3.75. The van der Waals surface area contributed by atoms with Crippen molar-refractivity contribution in [3.05, 3.63) is 16.6 Å². The molecule has 1 heterocycles. The average molecular weight is 158 g/mol. The molecule has 0 spiro atoms. The van der Waals surface area contributed by atoms with Gasteiger partial charge in [0.05, 0.1) is 11.2 Å². The lowest BCUT2D eigenvalue weighted by molar-refractivity contribution is -0.0263. The van der Waals surface area contributed by atoms with Crippen LogP contribution in [-0.4, -0.2) is 4.98 Å². The van der Waals surface area contributed by atoms with Gasteiger partial charge in [0.2, 0.25) is 0 Å². The Morgan fingerprint density at radius 2 is 2.40 bits per heavy atom. The summed E-state index contributed by atoms with van der Waals surface area (Å²) in [7, 11) is 0. The van der Waals surface area contributed by atoms with Gasteiger partial charge in [0.25, 0.3) is 0 Å². The van der Waals surface area contributed by atoms with Gasteiger partial charge in [-0.1, -0.05) is 0 Å². The number of nitrogens with zero attached hydrogens (tertiary/aromatic N) is 1. The minimum absolute atomic E-state index is 0.458. The second-order valence-corrected chi connectivity index (χ2v) is 3.22. The van der Waals surface area contributed by atoms with Crippen LogP contribution in [0.3, 0.4) is 0 Å². The van der Waals surface area contributed by atoms with Crippen LogP contribution in [0.5, 0.6) is 0 Å². The van der Waals surface area contributed by atoms with Crippen molar-refractivity contribution in [1.82, 2.24) is 4.98 Å². The zero-order valence-corrected chi connectivity index (χ0v) is 6.81. The highest BCUT2D eigenvalue weighted by Crippen LogP contribution is 2.21. The Labute approximate surface area is 63.8 Å².